The Morgan fingerprint density at radius 2 is 1.29 bits per heavy atom. The maximum absolute atomic E-state index is 8.14. The van der Waals surface area contributed by atoms with Crippen LogP contribution in [-0.2, 0) is 58.2 Å². The van der Waals surface area contributed by atoms with Crippen molar-refractivity contribution in [1.82, 2.24) is 0 Å². The molecule has 0 rings (SSSR count). The molecule has 0 aromatic carbocycles. The van der Waals surface area contributed by atoms with Gasteiger partial charge < -0.3 is 16.6 Å². The number of nitrogens with one attached hydrogen (secondary N) is 1. The molecule has 0 amide bonds. The molecule has 0 unspecified atom stereocenters. The van der Waals surface area contributed by atoms with Crippen LogP contribution >= 0.6 is 0 Å². The summed E-state index contributed by atoms with van der Waals surface area (Å²) < 4.78 is 0. The van der Waals surface area contributed by atoms with Gasteiger partial charge >= 0.3 is 0 Å². The van der Waals surface area contributed by atoms with Gasteiger partial charge in [0.1, 0.15) is 0 Å². The summed E-state index contributed by atoms with van der Waals surface area (Å²) in [6.07, 6.45) is 0. The van der Waals surface area contributed by atoms with Crippen LogP contribution in [0, 0.1) is 17.8 Å². The summed E-state index contributed by atoms with van der Waals surface area (Å²) in [6.45, 7) is 12.9. The van der Waals surface area contributed by atoms with E-state index >= 15 is 0 Å². The van der Waals surface area contributed by atoms with E-state index in [9.17, 15) is 0 Å². The van der Waals surface area contributed by atoms with E-state index in [1.165, 1.54) is 0 Å². The third kappa shape index (κ3) is 62.2. The summed E-state index contributed by atoms with van der Waals surface area (Å²) in [5, 5.41) is 8.14. The molecule has 0 saturated carbocycles. The van der Waals surface area contributed by atoms with Gasteiger partial charge in [-0.15, -0.1) is 6.54 Å². The van der Waals surface area contributed by atoms with Gasteiger partial charge in [0.2, 0.25) is 0 Å². The van der Waals surface area contributed by atoms with E-state index in [4.69, 9.17) is 16.6 Å². The summed E-state index contributed by atoms with van der Waals surface area (Å²) in [7, 11) is 1.70. The third-order valence-electron chi connectivity index (χ3n) is 1.62. The molecule has 0 heterocycles. The largest absolute Gasteiger partial charge is 0.677 e. The molecule has 0 aliphatic heterocycles. The second-order valence-electron chi connectivity index (χ2n) is 4.98. The van der Waals surface area contributed by atoms with Crippen molar-refractivity contribution in [2.45, 2.75) is 49.0 Å². The molecule has 0 aliphatic carbocycles. The van der Waals surface area contributed by atoms with Gasteiger partial charge in [0.15, 0.2) is 0 Å². The maximum atomic E-state index is 8.14. The third-order valence-corrected chi connectivity index (χ3v) is 1.62. The second kappa shape index (κ2) is 33.0. The number of rotatable bonds is 3. The molecule has 0 spiro atoms. The average Bonchev–Trinajstić information content (AvgIpc) is 2.29. The Labute approximate surface area is 171 Å². The van der Waals surface area contributed by atoms with Crippen molar-refractivity contribution < 1.29 is 63.3 Å². The minimum atomic E-state index is 0. The molecule has 130 valence electrons. The summed E-state index contributed by atoms with van der Waals surface area (Å²) in [5.41, 5.74) is 12.0. The topological polar surface area (TPSA) is 82.4 Å². The Morgan fingerprint density at radius 1 is 1.05 bits per heavy atom. The van der Waals surface area contributed by atoms with Gasteiger partial charge in [-0.05, 0) is 5.92 Å². The van der Waals surface area contributed by atoms with Crippen LogP contribution in [0.2, 0.25) is 0 Å². The Morgan fingerprint density at radius 3 is 1.29 bits per heavy atom. The average molecular weight is 548 g/mol. The first-order valence-electron chi connectivity index (χ1n) is 6.20. The van der Waals surface area contributed by atoms with Crippen LogP contribution in [-0.4, -0.2) is 31.1 Å². The van der Waals surface area contributed by atoms with E-state index in [0.29, 0.717) is 30.9 Å². The SMILES string of the molecule is C.CC(C)CO.CC(C)C[NH-].CN=C(N)C(C)C.[V].[V].[W]. The number of hydrogen-bond donors (Lipinski definition) is 2. The van der Waals surface area contributed by atoms with E-state index in [-0.39, 0.29) is 65.6 Å². The van der Waals surface area contributed by atoms with E-state index < -0.39 is 0 Å². The molecule has 2 radical (unpaired) electrons. The maximum Gasteiger partial charge on any atom is 0.0959 e. The quantitative estimate of drug-likeness (QED) is 0.418. The Hall–Kier alpha value is 1.25. The van der Waals surface area contributed by atoms with Crippen molar-refractivity contribution in [3.63, 3.8) is 0 Å². The van der Waals surface area contributed by atoms with Gasteiger partial charge in [0, 0.05) is 77.7 Å². The first kappa shape index (κ1) is 43.2. The zero-order valence-electron chi connectivity index (χ0n) is 13.9. The van der Waals surface area contributed by atoms with Gasteiger partial charge in [0.05, 0.1) is 5.84 Å². The van der Waals surface area contributed by atoms with Gasteiger partial charge in [-0.2, -0.15) is 0 Å². The van der Waals surface area contributed by atoms with Crippen molar-refractivity contribution in [3.8, 4) is 0 Å². The standard InChI is InChI=1S/C5H12N2.C4H10N.C4H10O.CH4.2V.W/c1-4(2)5(6)7-3;2*1-4(2)3-5;;;;/h4H,1-3H3,(H2,6,7);2*4-5H,3H2,1-2H3;1H4;;;/q;-1;;;;;. The summed E-state index contributed by atoms with van der Waals surface area (Å²) in [5.74, 6) is 2.11. The van der Waals surface area contributed by atoms with Crippen molar-refractivity contribution in [3.05, 3.63) is 5.73 Å². The number of aliphatic hydroxyl groups excluding tert-OH is 1. The van der Waals surface area contributed by atoms with Crippen LogP contribution in [0.3, 0.4) is 0 Å². The zero-order valence-corrected chi connectivity index (χ0v) is 19.6. The molecule has 0 atom stereocenters. The first-order valence-corrected chi connectivity index (χ1v) is 6.20. The zero-order chi connectivity index (χ0) is 14.4. The van der Waals surface area contributed by atoms with Gasteiger partial charge in [-0.25, -0.2) is 0 Å². The van der Waals surface area contributed by atoms with Crippen LogP contribution in [0.1, 0.15) is 49.0 Å². The molecule has 0 aromatic heterocycles. The van der Waals surface area contributed by atoms with E-state index in [1.807, 2.05) is 41.5 Å². The fraction of sp³-hybridized carbons (Fsp3) is 0.929. The van der Waals surface area contributed by atoms with Gasteiger partial charge in [-0.1, -0.05) is 54.9 Å². The fourth-order valence-corrected chi connectivity index (χ4v) is 0.258. The molecule has 4 nitrogen and oxygen atoms in total. The molecule has 0 aromatic rings. The monoisotopic (exact) mass is 548 g/mol. The van der Waals surface area contributed by atoms with E-state index in [1.54, 1.807) is 7.05 Å². The van der Waals surface area contributed by atoms with Gasteiger partial charge in [-0.3, -0.25) is 4.99 Å². The molecule has 0 bridgehead atoms. The molecule has 7 heteroatoms. The second-order valence-corrected chi connectivity index (χ2v) is 4.98. The molecular weight excluding hydrogens is 512 g/mol. The van der Waals surface area contributed by atoms with Crippen LogP contribution in [0.4, 0.5) is 0 Å². The predicted octanol–water partition coefficient (Wildman–Crippen LogP) is 3.59. The van der Waals surface area contributed by atoms with Crippen molar-refractivity contribution in [2.75, 3.05) is 20.2 Å². The molecule has 0 aliphatic rings. The van der Waals surface area contributed by atoms with E-state index in [0.717, 1.165) is 5.84 Å². The van der Waals surface area contributed by atoms with Crippen LogP contribution in [0.15, 0.2) is 4.99 Å². The molecule has 4 N–H and O–H groups in total. The number of nitrogens with two attached hydrogens (primary N) is 1. The molecular formula is C14H36N3OV2W-. The summed E-state index contributed by atoms with van der Waals surface area (Å²) in [6, 6.07) is 0. The smallest absolute Gasteiger partial charge is 0.0959 e. The number of hydrogen-bond acceptors (Lipinski definition) is 2. The number of aliphatic hydroxyl groups is 1. The van der Waals surface area contributed by atoms with E-state index in [2.05, 4.69) is 4.99 Å². The van der Waals surface area contributed by atoms with Crippen molar-refractivity contribution in [1.29, 1.82) is 0 Å². The summed E-state index contributed by atoms with van der Waals surface area (Å²) in [4.78, 5) is 3.78. The number of aliphatic imine (C=N–C) groups is 1. The first-order chi connectivity index (χ1) is 7.72. The summed E-state index contributed by atoms with van der Waals surface area (Å²) >= 11 is 0. The Kier molecular flexibility index (Phi) is 67.9. The Balaban J connectivity index is -0.0000000260. The number of nitrogens with zero attached hydrogens (tertiary/aromatic N) is 1. The molecule has 0 fully saturated rings. The molecule has 0 saturated heterocycles. The van der Waals surface area contributed by atoms with Crippen LogP contribution in [0.5, 0.6) is 0 Å². The van der Waals surface area contributed by atoms with Gasteiger partial charge in [0.25, 0.3) is 0 Å². The fourth-order valence-electron chi connectivity index (χ4n) is 0.258. The minimum absolute atomic E-state index is 0. The molecule has 21 heavy (non-hydrogen) atoms. The van der Waals surface area contributed by atoms with Crippen LogP contribution < -0.4 is 5.73 Å². The van der Waals surface area contributed by atoms with Crippen molar-refractivity contribution in [2.24, 2.45) is 28.5 Å². The van der Waals surface area contributed by atoms with Crippen molar-refractivity contribution >= 4 is 5.84 Å². The Bertz CT molecular complexity index is 174. The van der Waals surface area contributed by atoms with Crippen LogP contribution in [0.25, 0.3) is 5.73 Å². The predicted molar refractivity (Wildman–Crippen MR) is 85.1 cm³/mol. The normalized spacial score (nSPS) is 8.86. The number of amidine groups is 1. The minimum Gasteiger partial charge on any atom is -0.677 e.